The van der Waals surface area contributed by atoms with Gasteiger partial charge < -0.3 is 4.74 Å². The van der Waals surface area contributed by atoms with Crippen LogP contribution in [-0.2, 0) is 9.53 Å². The zero-order valence-electron chi connectivity index (χ0n) is 9.37. The average Bonchev–Trinajstić information content (AvgIpc) is 2.13. The highest BCUT2D eigenvalue weighted by molar-refractivity contribution is 5.72. The van der Waals surface area contributed by atoms with Crippen molar-refractivity contribution in [1.82, 2.24) is 0 Å². The highest BCUT2D eigenvalue weighted by atomic mass is 19.3. The molecule has 102 valence electrons. The summed E-state index contributed by atoms with van der Waals surface area (Å²) in [7, 11) is 0. The third kappa shape index (κ3) is 3.26. The predicted molar refractivity (Wildman–Crippen MR) is 46.1 cm³/mol. The van der Waals surface area contributed by atoms with E-state index in [0.29, 0.717) is 0 Å². The summed E-state index contributed by atoms with van der Waals surface area (Å²) in [6.45, 7) is 2.20. The van der Waals surface area contributed by atoms with Gasteiger partial charge >= 0.3 is 23.9 Å². The normalized spacial score (nSPS) is 15.6. The van der Waals surface area contributed by atoms with Crippen LogP contribution in [0.2, 0.25) is 0 Å². The minimum absolute atomic E-state index is 0.0585. The fourth-order valence-corrected chi connectivity index (χ4v) is 0.713. The first-order valence-electron chi connectivity index (χ1n) is 4.73. The quantitative estimate of drug-likeness (QED) is 0.562. The van der Waals surface area contributed by atoms with Crippen molar-refractivity contribution in [3.05, 3.63) is 0 Å². The minimum atomic E-state index is -5.76. The Hall–Kier alpha value is -0.950. The van der Waals surface area contributed by atoms with Crippen LogP contribution in [0.15, 0.2) is 0 Å². The highest BCUT2D eigenvalue weighted by Gasteiger charge is 2.72. The molecule has 0 fully saturated rings. The number of ether oxygens (including phenoxy) is 1. The third-order valence-corrected chi connectivity index (χ3v) is 2.16. The van der Waals surface area contributed by atoms with E-state index >= 15 is 0 Å². The third-order valence-electron chi connectivity index (χ3n) is 2.16. The largest absolute Gasteiger partial charge is 0.472 e. The molecule has 0 aliphatic heterocycles. The van der Waals surface area contributed by atoms with Gasteiger partial charge in [-0.05, 0) is 6.42 Å². The van der Waals surface area contributed by atoms with Crippen LogP contribution < -0.4 is 0 Å². The van der Waals surface area contributed by atoms with Crippen LogP contribution >= 0.6 is 0 Å². The van der Waals surface area contributed by atoms with Gasteiger partial charge in [0.15, 0.2) is 0 Å². The lowest BCUT2D eigenvalue weighted by molar-refractivity contribution is -0.381. The second-order valence-electron chi connectivity index (χ2n) is 3.71. The molecule has 8 heteroatoms. The zero-order valence-corrected chi connectivity index (χ0v) is 9.37. The van der Waals surface area contributed by atoms with E-state index in [1.165, 1.54) is 6.92 Å². The summed E-state index contributed by atoms with van der Waals surface area (Å²) in [4.78, 5) is 10.9. The van der Waals surface area contributed by atoms with Crippen molar-refractivity contribution in [2.45, 2.75) is 45.1 Å². The van der Waals surface area contributed by atoms with Crippen molar-refractivity contribution in [3.63, 3.8) is 0 Å². The van der Waals surface area contributed by atoms with Gasteiger partial charge in [-0.1, -0.05) is 13.8 Å². The number of esters is 1. The van der Waals surface area contributed by atoms with E-state index in [-0.39, 0.29) is 13.3 Å². The molecule has 0 aliphatic rings. The lowest BCUT2D eigenvalue weighted by Crippen LogP contribution is -2.55. The molecule has 1 unspecified atom stereocenters. The van der Waals surface area contributed by atoms with Crippen LogP contribution in [0.25, 0.3) is 0 Å². The molecule has 2 nitrogen and oxygen atoms in total. The van der Waals surface area contributed by atoms with Gasteiger partial charge in [0.25, 0.3) is 0 Å². The van der Waals surface area contributed by atoms with Crippen molar-refractivity contribution >= 4 is 5.97 Å². The van der Waals surface area contributed by atoms with Gasteiger partial charge in [-0.25, -0.2) is 0 Å². The molecule has 0 radical (unpaired) electrons. The smallest absolute Gasteiger partial charge is 0.396 e. The number of carbonyl (C=O) groups is 1. The van der Waals surface area contributed by atoms with Crippen LogP contribution in [0.3, 0.4) is 0 Å². The standard InChI is InChI=1S/C9H12F6O2/c1-4-5(2)6(16)17-9(14,15)8(12,13)7(3,10)11/h5H,4H2,1-3H3. The maximum atomic E-state index is 12.8. The Labute approximate surface area is 93.9 Å². The molecule has 0 amide bonds. The molecule has 0 heterocycles. The van der Waals surface area contributed by atoms with Crippen molar-refractivity contribution in [3.8, 4) is 0 Å². The maximum absolute atomic E-state index is 12.8. The van der Waals surface area contributed by atoms with E-state index in [1.54, 1.807) is 0 Å². The average molecular weight is 266 g/mol. The summed E-state index contributed by atoms with van der Waals surface area (Å²) in [5, 5.41) is 0. The first-order valence-corrected chi connectivity index (χ1v) is 4.73. The number of rotatable bonds is 5. The molecule has 0 rings (SSSR count). The van der Waals surface area contributed by atoms with E-state index in [1.807, 2.05) is 0 Å². The summed E-state index contributed by atoms with van der Waals surface area (Å²) in [6.07, 6.45) is -5.49. The van der Waals surface area contributed by atoms with E-state index < -0.39 is 29.8 Å². The van der Waals surface area contributed by atoms with Crippen molar-refractivity contribution in [2.75, 3.05) is 0 Å². The SMILES string of the molecule is CCC(C)C(=O)OC(F)(F)C(F)(F)C(C)(F)F. The number of alkyl halides is 6. The van der Waals surface area contributed by atoms with Crippen molar-refractivity contribution in [1.29, 1.82) is 0 Å². The van der Waals surface area contributed by atoms with Gasteiger partial charge in [0.05, 0.1) is 5.92 Å². The lowest BCUT2D eigenvalue weighted by atomic mass is 10.1. The van der Waals surface area contributed by atoms with Crippen molar-refractivity contribution < 1.29 is 35.9 Å². The Kier molecular flexibility index (Phi) is 4.47. The predicted octanol–water partition coefficient (Wildman–Crippen LogP) is 3.46. The molecule has 0 spiro atoms. The summed E-state index contributed by atoms with van der Waals surface area (Å²) in [6, 6.07) is 0. The van der Waals surface area contributed by atoms with Crippen LogP contribution in [0.4, 0.5) is 26.3 Å². The Morgan fingerprint density at radius 1 is 1.18 bits per heavy atom. The number of hydrogen-bond donors (Lipinski definition) is 0. The lowest BCUT2D eigenvalue weighted by Gasteiger charge is -2.30. The highest BCUT2D eigenvalue weighted by Crippen LogP contribution is 2.46. The second-order valence-corrected chi connectivity index (χ2v) is 3.71. The fraction of sp³-hybridized carbons (Fsp3) is 0.889. The molecule has 0 aliphatic carbocycles. The summed E-state index contributed by atoms with van der Waals surface area (Å²) >= 11 is 0. The van der Waals surface area contributed by atoms with E-state index in [9.17, 15) is 31.1 Å². The Balaban J connectivity index is 4.97. The maximum Gasteiger partial charge on any atom is 0.472 e. The molecule has 0 saturated heterocycles. The van der Waals surface area contributed by atoms with Crippen LogP contribution in [-0.4, -0.2) is 23.9 Å². The molecule has 17 heavy (non-hydrogen) atoms. The number of hydrogen-bond acceptors (Lipinski definition) is 2. The number of carbonyl (C=O) groups excluding carboxylic acids is 1. The molecular weight excluding hydrogens is 254 g/mol. The van der Waals surface area contributed by atoms with Gasteiger partial charge in [0.2, 0.25) is 0 Å². The van der Waals surface area contributed by atoms with Gasteiger partial charge in [0, 0.05) is 6.92 Å². The summed E-state index contributed by atoms with van der Waals surface area (Å²) in [5.41, 5.74) is 0. The molecule has 0 N–H and O–H groups in total. The monoisotopic (exact) mass is 266 g/mol. The van der Waals surface area contributed by atoms with Gasteiger partial charge in [-0.15, -0.1) is 0 Å². The fourth-order valence-electron chi connectivity index (χ4n) is 0.713. The van der Waals surface area contributed by atoms with E-state index in [2.05, 4.69) is 4.74 Å². The van der Waals surface area contributed by atoms with E-state index in [4.69, 9.17) is 0 Å². The molecule has 0 aromatic heterocycles. The topological polar surface area (TPSA) is 26.3 Å². The molecule has 0 saturated carbocycles. The zero-order chi connectivity index (χ0) is 14.1. The first-order chi connectivity index (χ1) is 7.37. The Bertz CT molecular complexity index is 284. The van der Waals surface area contributed by atoms with E-state index in [0.717, 1.165) is 6.92 Å². The molecule has 0 aromatic carbocycles. The van der Waals surface area contributed by atoms with Gasteiger partial charge in [-0.3, -0.25) is 4.79 Å². The molecule has 1 atom stereocenters. The summed E-state index contributed by atoms with van der Waals surface area (Å²) < 4.78 is 78.7. The van der Waals surface area contributed by atoms with Gasteiger partial charge in [-0.2, -0.15) is 26.3 Å². The van der Waals surface area contributed by atoms with Gasteiger partial charge in [0.1, 0.15) is 0 Å². The van der Waals surface area contributed by atoms with Crippen LogP contribution in [0.1, 0.15) is 27.2 Å². The van der Waals surface area contributed by atoms with Crippen molar-refractivity contribution in [2.24, 2.45) is 5.92 Å². The summed E-state index contributed by atoms with van der Waals surface area (Å²) in [5.74, 6) is -13.5. The van der Waals surface area contributed by atoms with Crippen LogP contribution in [0.5, 0.6) is 0 Å². The van der Waals surface area contributed by atoms with Crippen LogP contribution in [0, 0.1) is 5.92 Å². The first kappa shape index (κ1) is 16.1. The Morgan fingerprint density at radius 2 is 1.59 bits per heavy atom. The molecule has 0 bridgehead atoms. The second kappa shape index (κ2) is 4.73. The Morgan fingerprint density at radius 3 is 1.88 bits per heavy atom. The number of halogens is 6. The molecule has 0 aromatic rings. The molecular formula is C9H12F6O2. The minimum Gasteiger partial charge on any atom is -0.396 e.